The highest BCUT2D eigenvalue weighted by atomic mass is 32.2. The Labute approximate surface area is 138 Å². The smallest absolute Gasteiger partial charge is 0.318 e. The van der Waals surface area contributed by atoms with Gasteiger partial charge in [-0.05, 0) is 43.8 Å². The molecule has 1 atom stereocenters. The maximum atomic E-state index is 13.5. The standard InChI is InChI=1S/C15H19F2N3O2S/c1-3-4-5-13-9-19(23-10(2)15(21)22)18-20(13)14-7-11(16)6-12(17)8-14/h6-10,18H,3-5H2,1-2H3,(H,21,22). The lowest BCUT2D eigenvalue weighted by atomic mass is 10.2. The van der Waals surface area contributed by atoms with Crippen LogP contribution in [0.4, 0.5) is 14.5 Å². The summed E-state index contributed by atoms with van der Waals surface area (Å²) in [5.74, 6) is -2.26. The van der Waals surface area contributed by atoms with Crippen LogP contribution in [0.1, 0.15) is 33.1 Å². The van der Waals surface area contributed by atoms with E-state index < -0.39 is 22.9 Å². The van der Waals surface area contributed by atoms with Crippen molar-refractivity contribution in [2.45, 2.75) is 38.4 Å². The number of nitrogens with one attached hydrogen (secondary N) is 1. The van der Waals surface area contributed by atoms with Crippen molar-refractivity contribution in [2.24, 2.45) is 0 Å². The number of hydrogen-bond acceptors (Lipinski definition) is 5. The van der Waals surface area contributed by atoms with Crippen LogP contribution in [0.25, 0.3) is 0 Å². The van der Waals surface area contributed by atoms with Gasteiger partial charge in [-0.1, -0.05) is 13.3 Å². The van der Waals surface area contributed by atoms with Gasteiger partial charge in [-0.3, -0.25) is 9.80 Å². The third-order valence-corrected chi connectivity index (χ3v) is 4.20. The number of carboxylic acid groups (broad SMARTS) is 1. The van der Waals surface area contributed by atoms with Crippen molar-refractivity contribution < 1.29 is 18.7 Å². The minimum absolute atomic E-state index is 0.330. The zero-order valence-corrected chi connectivity index (χ0v) is 13.7. The SMILES string of the molecule is CCCCC1=CN(SC(C)C(=O)O)NN1c1cc(F)cc(F)c1. The van der Waals surface area contributed by atoms with Gasteiger partial charge in [0, 0.05) is 6.07 Å². The molecule has 0 bridgehead atoms. The van der Waals surface area contributed by atoms with E-state index in [1.807, 2.05) is 6.92 Å². The first-order chi connectivity index (χ1) is 10.9. The minimum Gasteiger partial charge on any atom is -0.480 e. The monoisotopic (exact) mass is 343 g/mol. The van der Waals surface area contributed by atoms with Crippen LogP contribution in [0.5, 0.6) is 0 Å². The number of rotatable bonds is 7. The number of carbonyl (C=O) groups is 1. The van der Waals surface area contributed by atoms with Gasteiger partial charge in [-0.15, -0.1) is 5.53 Å². The van der Waals surface area contributed by atoms with Crippen molar-refractivity contribution in [3.63, 3.8) is 0 Å². The van der Waals surface area contributed by atoms with Gasteiger partial charge in [0.2, 0.25) is 0 Å². The van der Waals surface area contributed by atoms with E-state index in [1.165, 1.54) is 12.1 Å². The lowest BCUT2D eigenvalue weighted by Crippen LogP contribution is -2.39. The molecule has 0 radical (unpaired) electrons. The molecule has 0 amide bonds. The first-order valence-corrected chi connectivity index (χ1v) is 8.16. The first-order valence-electron chi connectivity index (χ1n) is 7.32. The number of nitrogens with zero attached hydrogens (tertiary/aromatic N) is 2. The van der Waals surface area contributed by atoms with Gasteiger partial charge in [-0.25, -0.2) is 13.2 Å². The summed E-state index contributed by atoms with van der Waals surface area (Å²) in [5, 5.41) is 9.91. The van der Waals surface area contributed by atoms with Crippen LogP contribution in [0.3, 0.4) is 0 Å². The lowest BCUT2D eigenvalue weighted by molar-refractivity contribution is -0.136. The number of halogens is 2. The molecule has 1 aliphatic rings. The van der Waals surface area contributed by atoms with E-state index in [0.29, 0.717) is 12.1 Å². The van der Waals surface area contributed by atoms with Crippen molar-refractivity contribution in [3.8, 4) is 0 Å². The Balaban J connectivity index is 2.20. The van der Waals surface area contributed by atoms with Gasteiger partial charge in [0.25, 0.3) is 0 Å². The van der Waals surface area contributed by atoms with Gasteiger partial charge in [0.1, 0.15) is 16.9 Å². The predicted octanol–water partition coefficient (Wildman–Crippen LogP) is 3.66. The second-order valence-corrected chi connectivity index (χ2v) is 6.51. The number of hydrogen-bond donors (Lipinski definition) is 2. The predicted molar refractivity (Wildman–Crippen MR) is 86.1 cm³/mol. The van der Waals surface area contributed by atoms with E-state index in [9.17, 15) is 13.6 Å². The Morgan fingerprint density at radius 3 is 2.57 bits per heavy atom. The highest BCUT2D eigenvalue weighted by molar-refractivity contribution is 7.98. The summed E-state index contributed by atoms with van der Waals surface area (Å²) in [6, 6.07) is 3.27. The molecule has 1 aromatic rings. The summed E-state index contributed by atoms with van der Waals surface area (Å²) in [4.78, 5) is 11.0. The van der Waals surface area contributed by atoms with Gasteiger partial charge in [-0.2, -0.15) is 0 Å². The van der Waals surface area contributed by atoms with Crippen molar-refractivity contribution in [2.75, 3.05) is 5.01 Å². The minimum atomic E-state index is -0.935. The van der Waals surface area contributed by atoms with Crippen molar-refractivity contribution in [1.82, 2.24) is 9.95 Å². The molecule has 126 valence electrons. The Morgan fingerprint density at radius 2 is 2.00 bits per heavy atom. The van der Waals surface area contributed by atoms with Gasteiger partial charge >= 0.3 is 5.97 Å². The van der Waals surface area contributed by atoms with E-state index in [4.69, 9.17) is 5.11 Å². The second kappa shape index (κ2) is 7.65. The number of benzene rings is 1. The van der Waals surface area contributed by atoms with E-state index in [2.05, 4.69) is 5.53 Å². The molecule has 2 rings (SSSR count). The molecular weight excluding hydrogens is 324 g/mol. The Bertz CT molecular complexity index is 592. The molecule has 1 aromatic carbocycles. The molecule has 0 saturated carbocycles. The molecule has 0 spiro atoms. The summed E-state index contributed by atoms with van der Waals surface area (Å²) >= 11 is 1.08. The van der Waals surface area contributed by atoms with E-state index in [0.717, 1.165) is 36.6 Å². The lowest BCUT2D eigenvalue weighted by Gasteiger charge is -2.25. The van der Waals surface area contributed by atoms with E-state index >= 15 is 0 Å². The molecule has 5 nitrogen and oxygen atoms in total. The average molecular weight is 343 g/mol. The zero-order valence-electron chi connectivity index (χ0n) is 12.9. The Morgan fingerprint density at radius 1 is 1.35 bits per heavy atom. The molecule has 0 fully saturated rings. The molecule has 1 aliphatic heterocycles. The van der Waals surface area contributed by atoms with Crippen molar-refractivity contribution >= 4 is 23.6 Å². The topological polar surface area (TPSA) is 55.8 Å². The van der Waals surface area contributed by atoms with Crippen LogP contribution >= 0.6 is 11.9 Å². The van der Waals surface area contributed by atoms with Crippen molar-refractivity contribution in [1.29, 1.82) is 0 Å². The third-order valence-electron chi connectivity index (χ3n) is 3.26. The van der Waals surface area contributed by atoms with Gasteiger partial charge in [0.15, 0.2) is 0 Å². The fourth-order valence-corrected chi connectivity index (χ4v) is 2.82. The van der Waals surface area contributed by atoms with E-state index in [-0.39, 0.29) is 0 Å². The molecule has 1 heterocycles. The molecule has 1 unspecified atom stereocenters. The third kappa shape index (κ3) is 4.59. The Hall–Kier alpha value is -1.80. The fraction of sp³-hybridized carbons (Fsp3) is 0.400. The van der Waals surface area contributed by atoms with E-state index in [1.54, 1.807) is 22.5 Å². The Kier molecular flexibility index (Phi) is 5.84. The molecule has 0 aromatic heterocycles. The number of hydrazine groups is 2. The van der Waals surface area contributed by atoms with Crippen LogP contribution < -0.4 is 10.5 Å². The fourth-order valence-electron chi connectivity index (χ4n) is 2.08. The summed E-state index contributed by atoms with van der Waals surface area (Å²) < 4.78 is 28.5. The number of carboxylic acids is 1. The maximum absolute atomic E-state index is 13.5. The maximum Gasteiger partial charge on any atom is 0.318 e. The summed E-state index contributed by atoms with van der Waals surface area (Å²) in [6.07, 6.45) is 4.35. The quantitative estimate of drug-likeness (QED) is 0.737. The number of anilines is 1. The van der Waals surface area contributed by atoms with Crippen LogP contribution in [-0.2, 0) is 4.79 Å². The first kappa shape index (κ1) is 17.6. The van der Waals surface area contributed by atoms with Gasteiger partial charge < -0.3 is 5.11 Å². The van der Waals surface area contributed by atoms with Crippen LogP contribution in [0.15, 0.2) is 30.1 Å². The van der Waals surface area contributed by atoms with Crippen LogP contribution in [-0.4, -0.2) is 20.7 Å². The molecule has 0 saturated heterocycles. The van der Waals surface area contributed by atoms with Crippen molar-refractivity contribution in [3.05, 3.63) is 41.7 Å². The molecule has 23 heavy (non-hydrogen) atoms. The molecule has 8 heteroatoms. The zero-order chi connectivity index (χ0) is 17.0. The van der Waals surface area contributed by atoms with Crippen LogP contribution in [0, 0.1) is 11.6 Å². The van der Waals surface area contributed by atoms with Gasteiger partial charge in [0.05, 0.1) is 17.6 Å². The highest BCUT2D eigenvalue weighted by Crippen LogP contribution is 2.30. The molecule has 0 aliphatic carbocycles. The molecular formula is C15H19F2N3O2S. The normalized spacial score (nSPS) is 15.7. The number of unbranched alkanes of at least 4 members (excludes halogenated alkanes) is 1. The highest BCUT2D eigenvalue weighted by Gasteiger charge is 2.26. The summed E-state index contributed by atoms with van der Waals surface area (Å²) in [7, 11) is 0. The van der Waals surface area contributed by atoms with Crippen LogP contribution in [0.2, 0.25) is 0 Å². The second-order valence-electron chi connectivity index (χ2n) is 5.20. The number of aliphatic carboxylic acids is 1. The summed E-state index contributed by atoms with van der Waals surface area (Å²) in [5.41, 5.74) is 4.10. The molecule has 2 N–H and O–H groups in total. The summed E-state index contributed by atoms with van der Waals surface area (Å²) in [6.45, 7) is 3.62. The average Bonchev–Trinajstić information content (AvgIpc) is 2.86. The largest absolute Gasteiger partial charge is 0.480 e. The number of allylic oxidation sites excluding steroid dienone is 1.